The molecule has 0 aromatic heterocycles. The third-order valence-corrected chi connectivity index (χ3v) is 7.49. The van der Waals surface area contributed by atoms with Crippen molar-refractivity contribution in [2.75, 3.05) is 37.7 Å². The molecule has 2 fully saturated rings. The van der Waals surface area contributed by atoms with Gasteiger partial charge >= 0.3 is 0 Å². The van der Waals surface area contributed by atoms with Crippen molar-refractivity contribution in [1.82, 2.24) is 15.1 Å². The van der Waals surface area contributed by atoms with Crippen LogP contribution < -0.4 is 5.32 Å². The van der Waals surface area contributed by atoms with Crippen molar-refractivity contribution in [3.05, 3.63) is 35.9 Å². The fraction of sp³-hybridized carbons (Fsp3) is 0.636. The molecule has 0 saturated carbocycles. The van der Waals surface area contributed by atoms with Crippen LogP contribution >= 0.6 is 0 Å². The summed E-state index contributed by atoms with van der Waals surface area (Å²) in [7, 11) is -3.02. The van der Waals surface area contributed by atoms with E-state index in [1.54, 1.807) is 0 Å². The topological polar surface area (TPSA) is 86.8 Å². The maximum atomic E-state index is 13.3. The monoisotopic (exact) mass is 435 g/mol. The second-order valence-corrected chi connectivity index (χ2v) is 11.1. The van der Waals surface area contributed by atoms with Crippen LogP contribution in [0.3, 0.4) is 0 Å². The predicted octanol–water partition coefficient (Wildman–Crippen LogP) is 1.61. The first-order chi connectivity index (χ1) is 14.2. The molecule has 2 saturated heterocycles. The van der Waals surface area contributed by atoms with Gasteiger partial charge in [0.1, 0.15) is 6.04 Å². The van der Waals surface area contributed by atoms with Crippen molar-refractivity contribution in [3.63, 3.8) is 0 Å². The van der Waals surface area contributed by atoms with Gasteiger partial charge in [-0.15, -0.1) is 0 Å². The van der Waals surface area contributed by atoms with Crippen LogP contribution in [0.2, 0.25) is 0 Å². The number of amides is 2. The van der Waals surface area contributed by atoms with Gasteiger partial charge in [0, 0.05) is 38.6 Å². The number of benzene rings is 1. The first-order valence-electron chi connectivity index (χ1n) is 10.8. The van der Waals surface area contributed by atoms with Crippen LogP contribution in [0.4, 0.5) is 0 Å². The second kappa shape index (κ2) is 9.92. The molecule has 0 bridgehead atoms. The average molecular weight is 436 g/mol. The minimum atomic E-state index is -3.02. The summed E-state index contributed by atoms with van der Waals surface area (Å²) in [5, 5.41) is 3.17. The molecule has 7 nitrogen and oxygen atoms in total. The molecule has 1 aromatic carbocycles. The molecule has 2 aliphatic heterocycles. The van der Waals surface area contributed by atoms with Crippen LogP contribution in [0.5, 0.6) is 0 Å². The molecule has 1 aromatic rings. The Hall–Kier alpha value is -1.93. The number of nitrogens with zero attached hydrogens (tertiary/aromatic N) is 2. The molecular weight excluding hydrogens is 402 g/mol. The van der Waals surface area contributed by atoms with Crippen molar-refractivity contribution >= 4 is 21.7 Å². The maximum absolute atomic E-state index is 13.3. The number of hydrogen-bond donors (Lipinski definition) is 1. The Bertz CT molecular complexity index is 819. The number of rotatable bonds is 6. The lowest BCUT2D eigenvalue weighted by atomic mass is 10.0. The lowest BCUT2D eigenvalue weighted by Crippen LogP contribution is -2.51. The van der Waals surface area contributed by atoms with Crippen LogP contribution in [0.15, 0.2) is 30.3 Å². The van der Waals surface area contributed by atoms with Gasteiger partial charge in [0.2, 0.25) is 11.8 Å². The largest absolute Gasteiger partial charge is 0.352 e. The zero-order chi connectivity index (χ0) is 21.7. The molecule has 2 amide bonds. The summed E-state index contributed by atoms with van der Waals surface area (Å²) in [6.07, 6.45) is 2.04. The van der Waals surface area contributed by atoms with Crippen molar-refractivity contribution in [3.8, 4) is 0 Å². The van der Waals surface area contributed by atoms with Crippen molar-refractivity contribution in [2.24, 2.45) is 5.92 Å². The maximum Gasteiger partial charge on any atom is 0.242 e. The van der Waals surface area contributed by atoms with Crippen molar-refractivity contribution < 1.29 is 18.0 Å². The number of piperidine rings is 1. The molecule has 8 heteroatoms. The highest BCUT2D eigenvalue weighted by Crippen LogP contribution is 2.24. The summed E-state index contributed by atoms with van der Waals surface area (Å²) in [4.78, 5) is 29.4. The molecular formula is C22H33N3O4S. The van der Waals surface area contributed by atoms with E-state index in [1.807, 2.05) is 54.0 Å². The standard InChI is InChI=1S/C22H33N3O4S/c1-17(2)16-20(26)24-10-8-19(9-11-24)23-22(27)21(18-6-4-3-5-7-18)25-12-14-30(28,29)15-13-25/h3-7,17,19,21H,8-16H2,1-2H3,(H,23,27). The quantitative estimate of drug-likeness (QED) is 0.734. The van der Waals surface area contributed by atoms with Gasteiger partial charge in [-0.2, -0.15) is 0 Å². The summed E-state index contributed by atoms with van der Waals surface area (Å²) < 4.78 is 23.7. The van der Waals surface area contributed by atoms with E-state index in [0.29, 0.717) is 38.5 Å². The molecule has 0 spiro atoms. The van der Waals surface area contributed by atoms with Crippen molar-refractivity contribution in [1.29, 1.82) is 0 Å². The van der Waals surface area contributed by atoms with Crippen LogP contribution in [-0.4, -0.2) is 73.8 Å². The summed E-state index contributed by atoms with van der Waals surface area (Å²) in [5.41, 5.74) is 0.874. The van der Waals surface area contributed by atoms with Gasteiger partial charge in [0.05, 0.1) is 11.5 Å². The van der Waals surface area contributed by atoms with Gasteiger partial charge in [-0.05, 0) is 24.3 Å². The van der Waals surface area contributed by atoms with Gasteiger partial charge in [-0.1, -0.05) is 44.2 Å². The Morgan fingerprint density at radius 3 is 2.20 bits per heavy atom. The lowest BCUT2D eigenvalue weighted by Gasteiger charge is -2.36. The average Bonchev–Trinajstić information content (AvgIpc) is 2.70. The Morgan fingerprint density at radius 2 is 1.63 bits per heavy atom. The third kappa shape index (κ3) is 6.04. The highest BCUT2D eigenvalue weighted by Gasteiger charge is 2.34. The molecule has 2 heterocycles. The fourth-order valence-electron chi connectivity index (χ4n) is 4.18. The minimum Gasteiger partial charge on any atom is -0.352 e. The number of carbonyl (C=O) groups is 2. The fourth-order valence-corrected chi connectivity index (χ4v) is 5.41. The van der Waals surface area contributed by atoms with E-state index >= 15 is 0 Å². The SMILES string of the molecule is CC(C)CC(=O)N1CCC(NC(=O)C(c2ccccc2)N2CCS(=O)(=O)CC2)CC1. The van der Waals surface area contributed by atoms with E-state index in [-0.39, 0.29) is 29.4 Å². The van der Waals surface area contributed by atoms with Gasteiger partial charge in [-0.25, -0.2) is 8.42 Å². The zero-order valence-corrected chi connectivity index (χ0v) is 18.7. The molecule has 0 radical (unpaired) electrons. The first kappa shape index (κ1) is 22.7. The van der Waals surface area contributed by atoms with E-state index < -0.39 is 15.9 Å². The van der Waals surface area contributed by atoms with E-state index in [0.717, 1.165) is 18.4 Å². The van der Waals surface area contributed by atoms with Gasteiger partial charge in [0.15, 0.2) is 9.84 Å². The minimum absolute atomic E-state index is 0.0281. The highest BCUT2D eigenvalue weighted by molar-refractivity contribution is 7.91. The summed E-state index contributed by atoms with van der Waals surface area (Å²) >= 11 is 0. The van der Waals surface area contributed by atoms with Crippen LogP contribution in [0.1, 0.15) is 44.7 Å². The number of likely N-dealkylation sites (tertiary alicyclic amines) is 1. The third-order valence-electron chi connectivity index (χ3n) is 5.88. The Morgan fingerprint density at radius 1 is 1.03 bits per heavy atom. The van der Waals surface area contributed by atoms with Crippen LogP contribution in [0, 0.1) is 5.92 Å². The smallest absolute Gasteiger partial charge is 0.242 e. The lowest BCUT2D eigenvalue weighted by molar-refractivity contribution is -0.133. The Balaban J connectivity index is 1.63. The molecule has 30 heavy (non-hydrogen) atoms. The van der Waals surface area contributed by atoms with E-state index in [2.05, 4.69) is 5.32 Å². The molecule has 1 atom stereocenters. The first-order valence-corrected chi connectivity index (χ1v) is 12.6. The molecule has 2 aliphatic rings. The van der Waals surface area contributed by atoms with Crippen molar-refractivity contribution in [2.45, 2.75) is 45.2 Å². The Labute approximate surface area is 179 Å². The van der Waals surface area contributed by atoms with E-state index in [4.69, 9.17) is 0 Å². The van der Waals surface area contributed by atoms with Gasteiger partial charge in [-0.3, -0.25) is 14.5 Å². The molecule has 1 N–H and O–H groups in total. The molecule has 1 unspecified atom stereocenters. The van der Waals surface area contributed by atoms with Crippen LogP contribution in [0.25, 0.3) is 0 Å². The summed E-state index contributed by atoms with van der Waals surface area (Å²) in [6.45, 7) is 6.12. The highest BCUT2D eigenvalue weighted by atomic mass is 32.2. The second-order valence-electron chi connectivity index (χ2n) is 8.76. The number of hydrogen-bond acceptors (Lipinski definition) is 5. The summed E-state index contributed by atoms with van der Waals surface area (Å²) in [5.74, 6) is 0.605. The molecule has 0 aliphatic carbocycles. The van der Waals surface area contributed by atoms with Gasteiger partial charge in [0.25, 0.3) is 0 Å². The number of sulfone groups is 1. The summed E-state index contributed by atoms with van der Waals surface area (Å²) in [6, 6.07) is 9.07. The predicted molar refractivity (Wildman–Crippen MR) is 117 cm³/mol. The van der Waals surface area contributed by atoms with Crippen LogP contribution in [-0.2, 0) is 19.4 Å². The van der Waals surface area contributed by atoms with Gasteiger partial charge < -0.3 is 10.2 Å². The number of carbonyl (C=O) groups excluding carboxylic acids is 2. The van der Waals surface area contributed by atoms with E-state index in [9.17, 15) is 18.0 Å². The number of nitrogens with one attached hydrogen (secondary N) is 1. The Kier molecular flexibility index (Phi) is 7.52. The normalized spacial score (nSPS) is 21.4. The van der Waals surface area contributed by atoms with E-state index in [1.165, 1.54) is 0 Å². The zero-order valence-electron chi connectivity index (χ0n) is 17.9. The molecule has 3 rings (SSSR count). The molecule has 166 valence electrons.